The van der Waals surface area contributed by atoms with Crippen molar-refractivity contribution in [3.05, 3.63) is 212 Å². The number of carboxylic acids is 3. The molecule has 17 nitrogen and oxygen atoms in total. The van der Waals surface area contributed by atoms with Crippen LogP contribution in [0.2, 0.25) is 5.02 Å². The Kier molecular flexibility index (Phi) is 27.5. The number of carbonyl (C=O) groups is 6. The molecule has 3 atom stereocenters. The Morgan fingerprint density at radius 1 is 0.505 bits per heavy atom. The Hall–Kier alpha value is -9.00. The first-order valence-corrected chi connectivity index (χ1v) is 31.7. The topological polar surface area (TPSA) is 252 Å². The molecule has 19 heteroatoms. The fraction of sp³-hybridized carbons (Fsp3) is 0.333. The molecule has 0 saturated carbocycles. The van der Waals surface area contributed by atoms with Crippen LogP contribution in [0, 0.1) is 10.1 Å². The van der Waals surface area contributed by atoms with Crippen LogP contribution < -0.4 is 23.7 Å². The van der Waals surface area contributed by atoms with Gasteiger partial charge in [-0.3, -0.25) is 24.5 Å². The summed E-state index contributed by atoms with van der Waals surface area (Å²) in [6.45, 7) is 0. The average molecular weight is 1280 g/mol. The number of ketones is 3. The van der Waals surface area contributed by atoms with E-state index in [1.54, 1.807) is 104 Å². The summed E-state index contributed by atoms with van der Waals surface area (Å²) in [7, 11) is 3.05. The van der Waals surface area contributed by atoms with E-state index in [2.05, 4.69) is 18.2 Å². The van der Waals surface area contributed by atoms with Crippen LogP contribution in [0.25, 0.3) is 0 Å². The van der Waals surface area contributed by atoms with E-state index in [1.807, 2.05) is 12.1 Å². The molecule has 0 spiro atoms. The summed E-state index contributed by atoms with van der Waals surface area (Å²) in [5.74, 6) is -1.96. The van der Waals surface area contributed by atoms with Crippen molar-refractivity contribution in [1.29, 1.82) is 0 Å². The Balaban J connectivity index is 0.000000194. The van der Waals surface area contributed by atoms with E-state index in [4.69, 9.17) is 35.3 Å². The van der Waals surface area contributed by atoms with Crippen molar-refractivity contribution in [3.8, 4) is 28.7 Å². The highest BCUT2D eigenvalue weighted by atomic mass is 35.5. The van der Waals surface area contributed by atoms with Gasteiger partial charge in [0, 0.05) is 44.1 Å². The number of methoxy groups -OCH3 is 2. The lowest BCUT2D eigenvalue weighted by Crippen LogP contribution is -2.28. The maximum absolute atomic E-state index is 12.9. The monoisotopic (exact) mass is 1280 g/mol. The number of halogens is 1. The zero-order valence-corrected chi connectivity index (χ0v) is 52.6. The first-order valence-electron chi connectivity index (χ1n) is 30.5. The van der Waals surface area contributed by atoms with Crippen molar-refractivity contribution in [3.63, 3.8) is 0 Å². The molecule has 0 saturated heterocycles. The zero-order valence-electron chi connectivity index (χ0n) is 51.1. The second-order valence-corrected chi connectivity index (χ2v) is 23.6. The molecule has 3 unspecified atom stereocenters. The summed E-state index contributed by atoms with van der Waals surface area (Å²) in [5.41, 5.74) is 5.42. The summed E-state index contributed by atoms with van der Waals surface area (Å²) in [6, 6.07) is 38.0. The first kappa shape index (κ1) is 69.5. The molecule has 3 aliphatic rings. The maximum Gasteiger partial charge on any atom is 0.344 e. The molecule has 0 aromatic heterocycles. The van der Waals surface area contributed by atoms with E-state index in [9.17, 15) is 54.2 Å². The Morgan fingerprint density at radius 3 is 1.42 bits per heavy atom. The fourth-order valence-corrected chi connectivity index (χ4v) is 11.5. The molecule has 3 N–H and O–H groups in total. The minimum Gasteiger partial charge on any atom is -0.497 e. The van der Waals surface area contributed by atoms with Crippen LogP contribution in [0.1, 0.15) is 159 Å². The van der Waals surface area contributed by atoms with Gasteiger partial charge in [0.1, 0.15) is 28.7 Å². The molecule has 0 heterocycles. The number of hydrogen-bond donors (Lipinski definition) is 3. The van der Waals surface area contributed by atoms with E-state index in [0.29, 0.717) is 70.4 Å². The maximum atomic E-state index is 12.9. The van der Waals surface area contributed by atoms with Gasteiger partial charge in [0.15, 0.2) is 35.7 Å². The van der Waals surface area contributed by atoms with E-state index >= 15 is 0 Å². The number of nitrogens with zero attached hydrogens (tertiary/aromatic N) is 1. The first-order chi connectivity index (χ1) is 44.0. The molecule has 6 aromatic rings. The smallest absolute Gasteiger partial charge is 0.344 e. The number of aliphatic carboxylic acids is 3. The third-order valence-corrected chi connectivity index (χ3v) is 16.8. The molecule has 0 fully saturated rings. The van der Waals surface area contributed by atoms with E-state index < -0.39 is 46.9 Å². The van der Waals surface area contributed by atoms with Crippen LogP contribution in [0.5, 0.6) is 28.7 Å². The van der Waals surface area contributed by atoms with Crippen LogP contribution in [0.3, 0.4) is 0 Å². The highest BCUT2D eigenvalue weighted by Crippen LogP contribution is 2.34. The molecule has 0 radical (unpaired) electrons. The van der Waals surface area contributed by atoms with Crippen molar-refractivity contribution in [1.82, 2.24) is 0 Å². The van der Waals surface area contributed by atoms with Crippen molar-refractivity contribution < 1.29 is 72.7 Å². The van der Waals surface area contributed by atoms with Gasteiger partial charge in [-0.25, -0.2) is 14.4 Å². The van der Waals surface area contributed by atoms with Crippen LogP contribution in [-0.2, 0) is 14.4 Å². The van der Waals surface area contributed by atoms with Crippen LogP contribution >= 0.6 is 23.4 Å². The zero-order chi connectivity index (χ0) is 65.1. The number of benzene rings is 6. The highest BCUT2D eigenvalue weighted by Gasteiger charge is 2.26. The molecule has 91 heavy (non-hydrogen) atoms. The third kappa shape index (κ3) is 22.5. The molecular weight excluding hydrogens is 1200 g/mol. The van der Waals surface area contributed by atoms with Gasteiger partial charge in [0.25, 0.3) is 5.69 Å². The number of rotatable bonds is 29. The third-order valence-electron chi connectivity index (χ3n) is 15.5. The van der Waals surface area contributed by atoms with Gasteiger partial charge < -0.3 is 39.0 Å². The number of carbonyl (C=O) groups excluding carboxylic acids is 3. The summed E-state index contributed by atoms with van der Waals surface area (Å²) in [5, 5.41) is 39.7. The van der Waals surface area contributed by atoms with E-state index in [0.717, 1.165) is 74.0 Å². The van der Waals surface area contributed by atoms with Gasteiger partial charge in [-0.1, -0.05) is 88.6 Å². The number of nitro benzene ring substituents is 1. The lowest BCUT2D eigenvalue weighted by molar-refractivity contribution is -0.384. The number of ether oxygens (including phenoxy) is 5. The standard InChI is InChI=1S/C25H25ClO5.C25H28O6.C22H23NO5S/c26-19-12-13-20(22(28)16-21(27)18-9-5-2-6-10-18)24(15-19)31-23(25(29)30)14-11-17-7-3-1-4-8-17;1-29-20-13-14-21(23(16-20)30-2)24(26)18-9-11-19(12-10-18)31-22(25(27)28)15-8-17-6-4-3-5-7-17;24-22(25)21(15-6-16-4-2-1-3-5-16)28-18-9-13-20(14-10-18)29-19-11-7-17(8-12-19)23(26)27/h2,5-7,9-10,12-13,15,23H,1,3-4,8,11,14,16H2,(H,29,30);6,9-14,16,22H,3-5,7-8,15H2,1-2H3,(H,27,28);4,7-14,21H,1-3,5-6,15H2,(H,24,25). The minimum atomic E-state index is -1.11. The number of allylic oxidation sites excluding steroid dienone is 6. The average Bonchev–Trinajstić information content (AvgIpc) is 2.10. The van der Waals surface area contributed by atoms with Crippen LogP contribution in [0.4, 0.5) is 5.69 Å². The number of hydrogen-bond acceptors (Lipinski definition) is 14. The van der Waals surface area contributed by atoms with Gasteiger partial charge in [0.2, 0.25) is 0 Å². The van der Waals surface area contributed by atoms with E-state index in [-0.39, 0.29) is 35.0 Å². The normalized spacial score (nSPS) is 14.5. The predicted molar refractivity (Wildman–Crippen MR) is 348 cm³/mol. The second kappa shape index (κ2) is 36.0. The van der Waals surface area contributed by atoms with Crippen molar-refractivity contribution in [2.45, 2.75) is 150 Å². The van der Waals surface area contributed by atoms with E-state index in [1.165, 1.54) is 91.6 Å². The van der Waals surface area contributed by atoms with Crippen LogP contribution in [0.15, 0.2) is 184 Å². The van der Waals surface area contributed by atoms with Gasteiger partial charge in [0.05, 0.1) is 36.7 Å². The van der Waals surface area contributed by atoms with Gasteiger partial charge in [-0.2, -0.15) is 0 Å². The minimum absolute atomic E-state index is 0.0572. The lowest BCUT2D eigenvalue weighted by Gasteiger charge is -2.19. The number of non-ortho nitro benzene ring substituents is 1. The second-order valence-electron chi connectivity index (χ2n) is 22.0. The largest absolute Gasteiger partial charge is 0.497 e. The van der Waals surface area contributed by atoms with Crippen molar-refractivity contribution in [2.24, 2.45) is 0 Å². The predicted octanol–water partition coefficient (Wildman–Crippen LogP) is 16.8. The molecule has 0 bridgehead atoms. The summed E-state index contributed by atoms with van der Waals surface area (Å²) < 4.78 is 27.6. The number of Topliss-reactive ketones (excluding diaryl/α,β-unsaturated/α-hetero) is 2. The van der Waals surface area contributed by atoms with Gasteiger partial charge in [-0.05, 0) is 207 Å². The SMILES string of the molecule is COc1ccc(C(=O)c2ccc(OC(CCC3=CCCCC3)C(=O)O)cc2)c(OC)c1.O=C(CC(=O)c1ccc(Cl)cc1OC(CCC1=CCCCC1)C(=O)O)c1ccccc1.O=C(O)C(CCC1=CCCCC1)Oc1ccc(Sc2ccc([N+](=O)[O-])cc2)cc1. The highest BCUT2D eigenvalue weighted by molar-refractivity contribution is 7.99. The Bertz CT molecular complexity index is 3550. The Labute approximate surface area is 539 Å². The molecule has 6 aromatic carbocycles. The quantitative estimate of drug-likeness (QED) is 0.0130. The van der Waals surface area contributed by atoms with Gasteiger partial charge >= 0.3 is 17.9 Å². The van der Waals surface area contributed by atoms with Gasteiger partial charge in [-0.15, -0.1) is 0 Å². The fourth-order valence-electron chi connectivity index (χ4n) is 10.5. The summed E-state index contributed by atoms with van der Waals surface area (Å²) >= 11 is 7.54. The van der Waals surface area contributed by atoms with Crippen LogP contribution in [-0.4, -0.2) is 88.0 Å². The molecule has 478 valence electrons. The summed E-state index contributed by atoms with van der Waals surface area (Å²) in [4.78, 5) is 85.2. The van der Waals surface area contributed by atoms with Crippen molar-refractivity contribution >= 4 is 64.3 Å². The molecule has 3 aliphatic carbocycles. The number of nitro groups is 1. The molecule has 0 amide bonds. The number of carboxylic acid groups (broad SMARTS) is 3. The lowest BCUT2D eigenvalue weighted by atomic mass is 9.95. The molecule has 0 aliphatic heterocycles. The van der Waals surface area contributed by atoms with Crippen molar-refractivity contribution in [2.75, 3.05) is 14.2 Å². The molecular formula is C72H76ClNO16S. The molecule has 9 rings (SSSR count). The summed E-state index contributed by atoms with van der Waals surface area (Å²) in [6.07, 6.45) is 20.0. The Morgan fingerprint density at radius 2 is 0.967 bits per heavy atom.